The van der Waals surface area contributed by atoms with Crippen LogP contribution in [-0.4, -0.2) is 31.2 Å². The first-order valence-corrected chi connectivity index (χ1v) is 10.7. The molecule has 1 aromatic rings. The molecule has 0 spiro atoms. The summed E-state index contributed by atoms with van der Waals surface area (Å²) >= 11 is 0. The van der Waals surface area contributed by atoms with Gasteiger partial charge >= 0.3 is 0 Å². The van der Waals surface area contributed by atoms with Crippen molar-refractivity contribution < 1.29 is 14.3 Å². The summed E-state index contributed by atoms with van der Waals surface area (Å²) in [5.41, 5.74) is 0.932. The van der Waals surface area contributed by atoms with Crippen LogP contribution in [0.15, 0.2) is 18.2 Å². The Kier molecular flexibility index (Phi) is 5.75. The fourth-order valence-corrected chi connectivity index (χ4v) is 5.73. The molecule has 4 aliphatic rings. The molecular formula is C22H31ClN2O3. The maximum atomic E-state index is 13.0. The molecule has 2 N–H and O–H groups in total. The zero-order valence-corrected chi connectivity index (χ0v) is 17.2. The summed E-state index contributed by atoms with van der Waals surface area (Å²) < 4.78 is 11.4. The second kappa shape index (κ2) is 8.11. The fraction of sp³-hybridized carbons (Fsp3) is 0.682. The first-order valence-electron chi connectivity index (χ1n) is 10.7. The average Bonchev–Trinajstić information content (AvgIpc) is 3.28. The number of nitrogens with one attached hydrogen (secondary N) is 2. The van der Waals surface area contributed by atoms with Crippen LogP contribution in [0.5, 0.6) is 11.5 Å². The molecule has 0 radical (unpaired) electrons. The summed E-state index contributed by atoms with van der Waals surface area (Å²) in [6.07, 6.45) is 9.88. The van der Waals surface area contributed by atoms with Gasteiger partial charge in [-0.15, -0.1) is 12.4 Å². The van der Waals surface area contributed by atoms with Gasteiger partial charge in [0.15, 0.2) is 11.5 Å². The largest absolute Gasteiger partial charge is 0.486 e. The van der Waals surface area contributed by atoms with E-state index in [1.807, 2.05) is 6.07 Å². The van der Waals surface area contributed by atoms with Crippen LogP contribution in [0.25, 0.3) is 0 Å². The van der Waals surface area contributed by atoms with E-state index < -0.39 is 0 Å². The van der Waals surface area contributed by atoms with Gasteiger partial charge in [0, 0.05) is 18.5 Å². The number of halogens is 1. The van der Waals surface area contributed by atoms with Crippen molar-refractivity contribution in [3.63, 3.8) is 0 Å². The Morgan fingerprint density at radius 2 is 1.75 bits per heavy atom. The summed E-state index contributed by atoms with van der Waals surface area (Å²) in [6, 6.07) is 7.48. The number of carbonyl (C=O) groups is 1. The SMILES string of the molecule is Cl.O=C(CC1CC2CCC(C1)N2)NC1(c2ccc3c(c2)OCCO3)CCCC1. The topological polar surface area (TPSA) is 59.6 Å². The molecule has 2 bridgehead atoms. The third kappa shape index (κ3) is 3.84. The molecule has 2 unspecified atom stereocenters. The molecular weight excluding hydrogens is 376 g/mol. The van der Waals surface area contributed by atoms with E-state index in [-0.39, 0.29) is 23.9 Å². The Morgan fingerprint density at radius 3 is 2.46 bits per heavy atom. The van der Waals surface area contributed by atoms with Gasteiger partial charge in [0.2, 0.25) is 5.91 Å². The van der Waals surface area contributed by atoms with Crippen LogP contribution >= 0.6 is 12.4 Å². The lowest BCUT2D eigenvalue weighted by Gasteiger charge is -2.34. The summed E-state index contributed by atoms with van der Waals surface area (Å²) in [4.78, 5) is 13.0. The van der Waals surface area contributed by atoms with E-state index in [4.69, 9.17) is 9.47 Å². The van der Waals surface area contributed by atoms with E-state index in [0.29, 0.717) is 37.6 Å². The van der Waals surface area contributed by atoms with E-state index >= 15 is 0 Å². The molecule has 0 aromatic heterocycles. The van der Waals surface area contributed by atoms with Gasteiger partial charge in [-0.1, -0.05) is 18.9 Å². The standard InChI is InChI=1S/C22H30N2O3.ClH/c25-21(13-15-11-17-4-5-18(12-15)23-17)24-22(7-1-2-8-22)16-3-6-19-20(14-16)27-10-9-26-19;/h3,6,14-15,17-18,23H,1-2,4-5,7-13H2,(H,24,25);1H. The van der Waals surface area contributed by atoms with Crippen LogP contribution in [0, 0.1) is 5.92 Å². The Labute approximate surface area is 173 Å². The number of rotatable bonds is 4. The molecule has 1 saturated carbocycles. The van der Waals surface area contributed by atoms with Crippen molar-refractivity contribution in [2.24, 2.45) is 5.92 Å². The fourth-order valence-electron chi connectivity index (χ4n) is 5.73. The van der Waals surface area contributed by atoms with E-state index in [0.717, 1.165) is 50.0 Å². The molecule has 154 valence electrons. The third-order valence-corrected chi connectivity index (χ3v) is 6.98. The van der Waals surface area contributed by atoms with Gasteiger partial charge in [0.05, 0.1) is 5.54 Å². The monoisotopic (exact) mass is 406 g/mol. The van der Waals surface area contributed by atoms with Crippen LogP contribution in [-0.2, 0) is 10.3 Å². The molecule has 6 heteroatoms. The van der Waals surface area contributed by atoms with Crippen molar-refractivity contribution in [3.8, 4) is 11.5 Å². The first-order chi connectivity index (χ1) is 13.2. The predicted molar refractivity (Wildman–Crippen MR) is 110 cm³/mol. The Hall–Kier alpha value is -1.46. The van der Waals surface area contributed by atoms with Crippen molar-refractivity contribution in [1.29, 1.82) is 0 Å². The van der Waals surface area contributed by atoms with Gasteiger partial charge in [-0.2, -0.15) is 0 Å². The highest BCUT2D eigenvalue weighted by Crippen LogP contribution is 2.43. The maximum Gasteiger partial charge on any atom is 0.220 e. The second-order valence-corrected chi connectivity index (χ2v) is 8.88. The highest BCUT2D eigenvalue weighted by Gasteiger charge is 2.39. The maximum absolute atomic E-state index is 13.0. The smallest absolute Gasteiger partial charge is 0.220 e. The minimum Gasteiger partial charge on any atom is -0.486 e. The number of piperidine rings is 1. The van der Waals surface area contributed by atoms with Crippen LogP contribution < -0.4 is 20.1 Å². The molecule has 3 aliphatic heterocycles. The lowest BCUT2D eigenvalue weighted by Crippen LogP contribution is -2.45. The van der Waals surface area contributed by atoms with Crippen molar-refractivity contribution in [1.82, 2.24) is 10.6 Å². The third-order valence-electron chi connectivity index (χ3n) is 6.98. The quantitative estimate of drug-likeness (QED) is 0.800. The molecule has 28 heavy (non-hydrogen) atoms. The number of ether oxygens (including phenoxy) is 2. The number of hydrogen-bond acceptors (Lipinski definition) is 4. The Bertz CT molecular complexity index is 708. The van der Waals surface area contributed by atoms with Crippen molar-refractivity contribution in [2.75, 3.05) is 13.2 Å². The average molecular weight is 407 g/mol. The predicted octanol–water partition coefficient (Wildman–Crippen LogP) is 3.69. The van der Waals surface area contributed by atoms with Crippen molar-refractivity contribution in [3.05, 3.63) is 23.8 Å². The van der Waals surface area contributed by atoms with Gasteiger partial charge in [0.25, 0.3) is 0 Å². The van der Waals surface area contributed by atoms with Crippen LogP contribution in [0.1, 0.15) is 63.4 Å². The van der Waals surface area contributed by atoms with Gasteiger partial charge < -0.3 is 20.1 Å². The zero-order chi connectivity index (χ0) is 18.3. The van der Waals surface area contributed by atoms with E-state index in [9.17, 15) is 4.79 Å². The van der Waals surface area contributed by atoms with Crippen LogP contribution in [0.3, 0.4) is 0 Å². The summed E-state index contributed by atoms with van der Waals surface area (Å²) in [7, 11) is 0. The number of carbonyl (C=O) groups excluding carboxylic acids is 1. The minimum absolute atomic E-state index is 0. The van der Waals surface area contributed by atoms with Gasteiger partial charge in [-0.3, -0.25) is 4.79 Å². The Balaban J connectivity index is 0.00000192. The summed E-state index contributed by atoms with van der Waals surface area (Å²) in [6.45, 7) is 1.19. The van der Waals surface area contributed by atoms with E-state index in [1.54, 1.807) is 0 Å². The highest BCUT2D eigenvalue weighted by atomic mass is 35.5. The second-order valence-electron chi connectivity index (χ2n) is 8.88. The minimum atomic E-state index is -0.237. The van der Waals surface area contributed by atoms with Crippen molar-refractivity contribution in [2.45, 2.75) is 75.4 Å². The van der Waals surface area contributed by atoms with Crippen LogP contribution in [0.4, 0.5) is 0 Å². The zero-order valence-electron chi connectivity index (χ0n) is 16.4. The van der Waals surface area contributed by atoms with Gasteiger partial charge in [-0.25, -0.2) is 0 Å². The van der Waals surface area contributed by atoms with Gasteiger partial charge in [0.1, 0.15) is 13.2 Å². The first kappa shape index (κ1) is 19.8. The Morgan fingerprint density at radius 1 is 1.07 bits per heavy atom. The summed E-state index contributed by atoms with van der Waals surface area (Å²) in [5.74, 6) is 2.38. The number of fused-ring (bicyclic) bond motifs is 3. The molecule has 1 amide bonds. The van der Waals surface area contributed by atoms with Crippen LogP contribution in [0.2, 0.25) is 0 Å². The molecule has 2 atom stereocenters. The molecule has 5 nitrogen and oxygen atoms in total. The molecule has 1 aromatic carbocycles. The van der Waals surface area contributed by atoms with E-state index in [1.165, 1.54) is 18.4 Å². The molecule has 1 aliphatic carbocycles. The number of amides is 1. The lowest BCUT2D eigenvalue weighted by atomic mass is 9.86. The number of hydrogen-bond donors (Lipinski definition) is 2. The van der Waals surface area contributed by atoms with E-state index in [2.05, 4.69) is 22.8 Å². The molecule has 2 saturated heterocycles. The molecule has 3 fully saturated rings. The van der Waals surface area contributed by atoms with Gasteiger partial charge in [-0.05, 0) is 62.1 Å². The number of benzene rings is 1. The molecule has 5 rings (SSSR count). The highest BCUT2D eigenvalue weighted by molar-refractivity contribution is 5.85. The lowest BCUT2D eigenvalue weighted by molar-refractivity contribution is -0.124. The molecule has 3 heterocycles. The summed E-state index contributed by atoms with van der Waals surface area (Å²) in [5, 5.41) is 7.13. The normalized spacial score (nSPS) is 29.8. The van der Waals surface area contributed by atoms with Crippen molar-refractivity contribution >= 4 is 18.3 Å².